The van der Waals surface area contributed by atoms with E-state index in [0.717, 1.165) is 37.2 Å². The lowest BCUT2D eigenvalue weighted by Gasteiger charge is -2.53. The van der Waals surface area contributed by atoms with Crippen LogP contribution in [0.4, 0.5) is 0 Å². The maximum atomic E-state index is 13.7. The van der Waals surface area contributed by atoms with Crippen molar-refractivity contribution in [3.05, 3.63) is 107 Å². The van der Waals surface area contributed by atoms with Crippen LogP contribution in [-0.2, 0) is 15.7 Å². The summed E-state index contributed by atoms with van der Waals surface area (Å²) in [5.74, 6) is 0.464. The number of nitrogens with zero attached hydrogens (tertiary/aromatic N) is 1. The molecule has 1 atom stereocenters. The summed E-state index contributed by atoms with van der Waals surface area (Å²) in [7, 11) is 0. The number of piperidine rings is 1. The maximum Gasteiger partial charge on any atom is 0.242 e. The molecule has 1 fully saturated rings. The van der Waals surface area contributed by atoms with Gasteiger partial charge in [0.2, 0.25) is 5.91 Å². The van der Waals surface area contributed by atoms with Crippen LogP contribution in [0, 0.1) is 5.92 Å². The van der Waals surface area contributed by atoms with Crippen LogP contribution < -0.4 is 5.32 Å². The van der Waals surface area contributed by atoms with Gasteiger partial charge in [0.05, 0.1) is 4.32 Å². The Morgan fingerprint density at radius 2 is 1.50 bits per heavy atom. The van der Waals surface area contributed by atoms with Gasteiger partial charge in [0.1, 0.15) is 4.87 Å². The molecular formula is C31H32BrClN2O. The number of likely N-dealkylation sites (tertiary alicyclic amines) is 1. The first-order valence-corrected chi connectivity index (χ1v) is 14.3. The first-order valence-electron chi connectivity index (χ1n) is 13.1. The molecule has 0 radical (unpaired) electrons. The molecule has 1 N–H and O–H groups in total. The molecule has 1 saturated heterocycles. The van der Waals surface area contributed by atoms with Gasteiger partial charge in [-0.3, -0.25) is 9.69 Å². The molecule has 1 aliphatic heterocycles. The molecule has 36 heavy (non-hydrogen) atoms. The van der Waals surface area contributed by atoms with Crippen LogP contribution in [0.2, 0.25) is 0 Å². The van der Waals surface area contributed by atoms with Crippen molar-refractivity contribution in [1.29, 1.82) is 0 Å². The second-order valence-electron chi connectivity index (χ2n) is 10.7. The van der Waals surface area contributed by atoms with Crippen molar-refractivity contribution in [3.63, 3.8) is 0 Å². The van der Waals surface area contributed by atoms with E-state index in [0.29, 0.717) is 18.9 Å². The Morgan fingerprint density at radius 3 is 2.14 bits per heavy atom. The van der Waals surface area contributed by atoms with Gasteiger partial charge in [-0.05, 0) is 72.5 Å². The zero-order chi connectivity index (χ0) is 24.8. The zero-order valence-electron chi connectivity index (χ0n) is 20.4. The summed E-state index contributed by atoms with van der Waals surface area (Å²) in [5.41, 5.74) is 6.18. The molecule has 0 saturated carbocycles. The number of carbonyl (C=O) groups is 1. The third-order valence-corrected chi connectivity index (χ3v) is 10.2. The van der Waals surface area contributed by atoms with E-state index < -0.39 is 9.20 Å². The lowest BCUT2D eigenvalue weighted by atomic mass is 9.58. The van der Waals surface area contributed by atoms with Crippen molar-refractivity contribution >= 4 is 33.4 Å². The Kier molecular flexibility index (Phi) is 6.47. The topological polar surface area (TPSA) is 32.3 Å². The van der Waals surface area contributed by atoms with Gasteiger partial charge in [-0.2, -0.15) is 0 Å². The normalized spacial score (nSPS) is 27.3. The summed E-state index contributed by atoms with van der Waals surface area (Å²) >= 11 is 11.4. The van der Waals surface area contributed by atoms with Gasteiger partial charge in [0.25, 0.3) is 0 Å². The standard InChI is InChI=1S/C31H32BrClN2O/c32-30-21-31(33,28(24-10-4-6-12-26(24)30)25-11-5-7-13-27(25)30)29(36)34-17-14-22-15-18-35(19-16-22)20-23-8-2-1-3-9-23/h1-13,22,28H,14-21H2,(H,34,36). The fourth-order valence-corrected chi connectivity index (χ4v) is 8.52. The molecule has 0 spiro atoms. The Labute approximate surface area is 227 Å². The van der Waals surface area contributed by atoms with E-state index in [-0.39, 0.29) is 11.8 Å². The summed E-state index contributed by atoms with van der Waals surface area (Å²) in [5, 5.41) is 3.25. The minimum Gasteiger partial charge on any atom is -0.355 e. The molecule has 3 nitrogen and oxygen atoms in total. The predicted molar refractivity (Wildman–Crippen MR) is 150 cm³/mol. The number of amides is 1. The van der Waals surface area contributed by atoms with Crippen molar-refractivity contribution in [2.45, 2.75) is 47.3 Å². The van der Waals surface area contributed by atoms with Crippen LogP contribution in [0.5, 0.6) is 0 Å². The van der Waals surface area contributed by atoms with Crippen LogP contribution in [0.25, 0.3) is 0 Å². The molecule has 1 heterocycles. The highest BCUT2D eigenvalue weighted by atomic mass is 79.9. The van der Waals surface area contributed by atoms with Gasteiger partial charge in [0, 0.05) is 19.0 Å². The van der Waals surface area contributed by atoms with E-state index >= 15 is 0 Å². The van der Waals surface area contributed by atoms with Crippen LogP contribution in [0.15, 0.2) is 78.9 Å². The van der Waals surface area contributed by atoms with Gasteiger partial charge >= 0.3 is 0 Å². The first kappa shape index (κ1) is 24.2. The second-order valence-corrected chi connectivity index (χ2v) is 12.7. The van der Waals surface area contributed by atoms with Crippen molar-refractivity contribution < 1.29 is 4.79 Å². The number of benzene rings is 3. The summed E-state index contributed by atoms with van der Waals surface area (Å²) < 4.78 is -0.445. The van der Waals surface area contributed by atoms with Crippen LogP contribution in [0.1, 0.15) is 59.4 Å². The highest BCUT2D eigenvalue weighted by Crippen LogP contribution is 2.64. The lowest BCUT2D eigenvalue weighted by Crippen LogP contribution is -2.57. The average molecular weight is 564 g/mol. The van der Waals surface area contributed by atoms with E-state index in [9.17, 15) is 4.79 Å². The minimum absolute atomic E-state index is 0.0384. The molecule has 2 bridgehead atoms. The second kappa shape index (κ2) is 9.63. The highest BCUT2D eigenvalue weighted by Gasteiger charge is 2.61. The molecule has 4 aliphatic rings. The molecule has 3 aromatic carbocycles. The molecule has 7 rings (SSSR count). The molecule has 0 aromatic heterocycles. The van der Waals surface area contributed by atoms with Gasteiger partial charge in [-0.15, -0.1) is 11.6 Å². The van der Waals surface area contributed by atoms with E-state index in [1.807, 2.05) is 0 Å². The number of rotatable bonds is 6. The molecule has 3 aliphatic carbocycles. The summed E-state index contributed by atoms with van der Waals surface area (Å²) in [6.07, 6.45) is 3.92. The van der Waals surface area contributed by atoms with Crippen LogP contribution in [0.3, 0.4) is 0 Å². The van der Waals surface area contributed by atoms with Crippen molar-refractivity contribution in [1.82, 2.24) is 10.2 Å². The SMILES string of the molecule is O=C(NCCC1CCN(Cc2ccccc2)CC1)C1(Cl)CC2(Br)c3ccccc3C1c1ccccc12. The fraction of sp³-hybridized carbons (Fsp3) is 0.387. The number of alkyl halides is 2. The van der Waals surface area contributed by atoms with Gasteiger partial charge in [-0.1, -0.05) is 94.8 Å². The van der Waals surface area contributed by atoms with Crippen molar-refractivity contribution in [3.8, 4) is 0 Å². The lowest BCUT2D eigenvalue weighted by molar-refractivity contribution is -0.124. The van der Waals surface area contributed by atoms with Crippen LogP contribution >= 0.6 is 27.5 Å². The number of halogens is 2. The molecule has 3 aromatic rings. The van der Waals surface area contributed by atoms with Crippen LogP contribution in [-0.4, -0.2) is 35.3 Å². The van der Waals surface area contributed by atoms with E-state index in [1.54, 1.807) is 0 Å². The Bertz CT molecular complexity index is 1210. The number of fused-ring (bicyclic) bond motifs is 1. The quantitative estimate of drug-likeness (QED) is 0.344. The van der Waals surface area contributed by atoms with E-state index in [4.69, 9.17) is 11.6 Å². The zero-order valence-corrected chi connectivity index (χ0v) is 22.8. The van der Waals surface area contributed by atoms with Crippen molar-refractivity contribution in [2.24, 2.45) is 5.92 Å². The van der Waals surface area contributed by atoms with Gasteiger partial charge in [-0.25, -0.2) is 0 Å². The summed E-state index contributed by atoms with van der Waals surface area (Å²) in [6.45, 7) is 3.95. The number of hydrogen-bond acceptors (Lipinski definition) is 2. The number of hydrogen-bond donors (Lipinski definition) is 1. The third-order valence-electron chi connectivity index (χ3n) is 8.53. The highest BCUT2D eigenvalue weighted by molar-refractivity contribution is 9.09. The monoisotopic (exact) mass is 562 g/mol. The van der Waals surface area contributed by atoms with Gasteiger partial charge in [0.15, 0.2) is 0 Å². The Morgan fingerprint density at radius 1 is 0.917 bits per heavy atom. The summed E-state index contributed by atoms with van der Waals surface area (Å²) in [6, 6.07) is 27.6. The summed E-state index contributed by atoms with van der Waals surface area (Å²) in [4.78, 5) is 15.2. The minimum atomic E-state index is -1.01. The Balaban J connectivity index is 1.10. The number of carbonyl (C=O) groups excluding carboxylic acids is 1. The first-order chi connectivity index (χ1) is 17.5. The number of nitrogens with one attached hydrogen (secondary N) is 1. The maximum absolute atomic E-state index is 13.7. The fourth-order valence-electron chi connectivity index (χ4n) is 6.69. The van der Waals surface area contributed by atoms with Gasteiger partial charge < -0.3 is 5.32 Å². The van der Waals surface area contributed by atoms with E-state index in [1.165, 1.54) is 29.5 Å². The molecular weight excluding hydrogens is 532 g/mol. The molecule has 5 heteroatoms. The molecule has 186 valence electrons. The largest absolute Gasteiger partial charge is 0.355 e. The third kappa shape index (κ3) is 4.12. The Hall–Kier alpha value is -2.14. The molecule has 1 amide bonds. The predicted octanol–water partition coefficient (Wildman–Crippen LogP) is 6.57. The van der Waals surface area contributed by atoms with E-state index in [2.05, 4.69) is 105 Å². The van der Waals surface area contributed by atoms with Crippen molar-refractivity contribution in [2.75, 3.05) is 19.6 Å². The average Bonchev–Trinajstić information content (AvgIpc) is 2.90. The smallest absolute Gasteiger partial charge is 0.242 e. The molecule has 1 unspecified atom stereocenters.